The molecule has 0 atom stereocenters. The average Bonchev–Trinajstić information content (AvgIpc) is 3.45. The van der Waals surface area contributed by atoms with Crippen LogP contribution in [0.1, 0.15) is 0 Å². The van der Waals surface area contributed by atoms with Gasteiger partial charge in [0.15, 0.2) is 5.82 Å². The number of rotatable bonds is 5. The highest BCUT2D eigenvalue weighted by molar-refractivity contribution is 6.11. The Hall–Kier alpha value is -6.30. The van der Waals surface area contributed by atoms with Crippen LogP contribution in [0.3, 0.4) is 0 Å². The summed E-state index contributed by atoms with van der Waals surface area (Å²) in [5, 5.41) is 3.13. The zero-order chi connectivity index (χ0) is 32.0. The molecule has 0 bridgehead atoms. The highest BCUT2D eigenvalue weighted by Gasteiger charge is 2.30. The van der Waals surface area contributed by atoms with E-state index in [1.54, 1.807) is 7.11 Å². The third-order valence-electron chi connectivity index (χ3n) is 9.08. The van der Waals surface area contributed by atoms with Crippen molar-refractivity contribution in [3.8, 4) is 62.0 Å². The normalized spacial score (nSPS) is 11.9. The molecule has 0 unspecified atom stereocenters. The highest BCUT2D eigenvalue weighted by Crippen LogP contribution is 2.52. The van der Waals surface area contributed by atoms with Crippen molar-refractivity contribution in [3.05, 3.63) is 164 Å². The van der Waals surface area contributed by atoms with Crippen LogP contribution in [0.25, 0.3) is 72.9 Å². The minimum atomic E-state index is 0.704. The molecule has 2 aromatic heterocycles. The van der Waals surface area contributed by atoms with Crippen LogP contribution in [-0.2, 0) is 4.84 Å². The molecule has 1 aliphatic rings. The van der Waals surface area contributed by atoms with Gasteiger partial charge in [-0.25, -0.2) is 15.0 Å². The summed E-state index contributed by atoms with van der Waals surface area (Å²) < 4.78 is 2.38. The van der Waals surface area contributed by atoms with Crippen LogP contribution in [0.15, 0.2) is 164 Å². The fourth-order valence-electron chi connectivity index (χ4n) is 6.92. The third-order valence-corrected chi connectivity index (χ3v) is 9.08. The summed E-state index contributed by atoms with van der Waals surface area (Å²) in [4.78, 5) is 16.1. The highest BCUT2D eigenvalue weighted by atomic mass is 16.7. The molecule has 1 aliphatic heterocycles. The van der Waals surface area contributed by atoms with Gasteiger partial charge in [-0.3, -0.25) is 4.84 Å². The molecule has 5 nitrogen and oxygen atoms in total. The molecule has 0 N–H and O–H groups in total. The van der Waals surface area contributed by atoms with Crippen molar-refractivity contribution >= 4 is 22.3 Å². The molecular weight excluding hydrogens is 589 g/mol. The van der Waals surface area contributed by atoms with Gasteiger partial charge in [-0.1, -0.05) is 127 Å². The lowest BCUT2D eigenvalue weighted by Crippen LogP contribution is -2.15. The van der Waals surface area contributed by atoms with Crippen molar-refractivity contribution in [1.82, 2.24) is 14.5 Å². The molecule has 9 rings (SSSR count). The number of para-hydroxylation sites is 3. The van der Waals surface area contributed by atoms with Crippen LogP contribution in [0, 0.1) is 0 Å². The second-order valence-electron chi connectivity index (χ2n) is 11.8. The zero-order valence-electron chi connectivity index (χ0n) is 26.3. The summed E-state index contributed by atoms with van der Waals surface area (Å²) in [5.74, 6) is 0.704. The summed E-state index contributed by atoms with van der Waals surface area (Å²) in [7, 11) is 1.73. The lowest BCUT2D eigenvalue weighted by atomic mass is 9.98. The molecule has 48 heavy (non-hydrogen) atoms. The zero-order valence-corrected chi connectivity index (χ0v) is 26.3. The maximum absolute atomic E-state index is 6.04. The van der Waals surface area contributed by atoms with Gasteiger partial charge in [0.25, 0.3) is 0 Å². The van der Waals surface area contributed by atoms with Crippen LogP contribution >= 0.6 is 0 Å². The first-order chi connectivity index (χ1) is 23.8. The number of hydrogen-bond acceptors (Lipinski definition) is 4. The van der Waals surface area contributed by atoms with E-state index in [-0.39, 0.29) is 0 Å². The first-order valence-corrected chi connectivity index (χ1v) is 16.1. The molecule has 6 aromatic carbocycles. The van der Waals surface area contributed by atoms with E-state index in [9.17, 15) is 0 Å². The maximum Gasteiger partial charge on any atom is 0.160 e. The van der Waals surface area contributed by atoms with E-state index in [0.717, 1.165) is 67.5 Å². The van der Waals surface area contributed by atoms with E-state index in [2.05, 4.69) is 132 Å². The maximum atomic E-state index is 6.04. The number of aromatic nitrogens is 3. The Labute approximate surface area is 279 Å². The quantitative estimate of drug-likeness (QED) is 0.192. The Bertz CT molecular complexity index is 2380. The van der Waals surface area contributed by atoms with Crippen LogP contribution in [0.4, 0.5) is 11.4 Å². The minimum absolute atomic E-state index is 0.704. The molecule has 8 aromatic rings. The second kappa shape index (κ2) is 11.5. The largest absolute Gasteiger partial charge is 0.309 e. The third kappa shape index (κ3) is 4.52. The van der Waals surface area contributed by atoms with Gasteiger partial charge in [-0.05, 0) is 36.4 Å². The van der Waals surface area contributed by atoms with E-state index in [1.807, 2.05) is 41.5 Å². The van der Waals surface area contributed by atoms with Crippen molar-refractivity contribution in [1.29, 1.82) is 0 Å². The Kier molecular flexibility index (Phi) is 6.70. The molecule has 0 saturated carbocycles. The molecule has 0 radical (unpaired) electrons. The van der Waals surface area contributed by atoms with Gasteiger partial charge in [0.1, 0.15) is 0 Å². The standard InChI is InChI=1S/C43H30N4O/c1-48-47-39-22-12-9-19-34(39)41-33-18-8-11-21-38(33)46(42(41)35-20-10-13-23-40(35)47)32-26-24-30(25-27-32)37-28-36(29-14-4-2-5-15-29)44-43(45-37)31-16-6-3-7-17-31/h2-28H,1H3. The topological polar surface area (TPSA) is 43.2 Å². The lowest BCUT2D eigenvalue weighted by molar-refractivity contribution is 0.202. The van der Waals surface area contributed by atoms with Gasteiger partial charge in [0.05, 0.1) is 41.1 Å². The van der Waals surface area contributed by atoms with Crippen LogP contribution < -0.4 is 5.06 Å². The van der Waals surface area contributed by atoms with E-state index < -0.39 is 0 Å². The summed E-state index contributed by atoms with van der Waals surface area (Å²) in [6.07, 6.45) is 0. The molecule has 0 saturated heterocycles. The summed E-state index contributed by atoms with van der Waals surface area (Å²) in [6.45, 7) is 0. The molecule has 3 heterocycles. The summed E-state index contributed by atoms with van der Waals surface area (Å²) >= 11 is 0. The van der Waals surface area contributed by atoms with Crippen LogP contribution in [0.5, 0.6) is 0 Å². The molecule has 0 fully saturated rings. The molecule has 0 aliphatic carbocycles. The first kappa shape index (κ1) is 28.0. The predicted molar refractivity (Wildman–Crippen MR) is 195 cm³/mol. The fraction of sp³-hybridized carbons (Fsp3) is 0.0233. The monoisotopic (exact) mass is 618 g/mol. The van der Waals surface area contributed by atoms with Gasteiger partial charge in [-0.2, -0.15) is 0 Å². The van der Waals surface area contributed by atoms with Gasteiger partial charge >= 0.3 is 0 Å². The van der Waals surface area contributed by atoms with Crippen LogP contribution in [-0.4, -0.2) is 21.6 Å². The first-order valence-electron chi connectivity index (χ1n) is 16.1. The second-order valence-corrected chi connectivity index (χ2v) is 11.8. The summed E-state index contributed by atoms with van der Waals surface area (Å²) in [6, 6.07) is 56.9. The number of hydrogen-bond donors (Lipinski definition) is 0. The van der Waals surface area contributed by atoms with Crippen molar-refractivity contribution in [2.45, 2.75) is 0 Å². The smallest absolute Gasteiger partial charge is 0.160 e. The van der Waals surface area contributed by atoms with Gasteiger partial charge < -0.3 is 4.57 Å². The summed E-state index contributed by atoms with van der Waals surface area (Å²) in [5.41, 5.74) is 13.6. The minimum Gasteiger partial charge on any atom is -0.309 e. The van der Waals surface area contributed by atoms with Crippen LogP contribution in [0.2, 0.25) is 0 Å². The fourth-order valence-corrected chi connectivity index (χ4v) is 6.92. The van der Waals surface area contributed by atoms with Crippen molar-refractivity contribution in [2.24, 2.45) is 0 Å². The molecule has 5 heteroatoms. The Morgan fingerprint density at radius 1 is 0.500 bits per heavy atom. The number of anilines is 2. The van der Waals surface area contributed by atoms with Crippen molar-refractivity contribution in [2.75, 3.05) is 12.2 Å². The van der Waals surface area contributed by atoms with E-state index in [1.165, 1.54) is 10.9 Å². The van der Waals surface area contributed by atoms with Gasteiger partial charge in [0.2, 0.25) is 0 Å². The average molecular weight is 619 g/mol. The Balaban J connectivity index is 1.25. The number of nitrogens with zero attached hydrogens (tertiary/aromatic N) is 4. The Morgan fingerprint density at radius 2 is 1.04 bits per heavy atom. The van der Waals surface area contributed by atoms with Crippen molar-refractivity contribution in [3.63, 3.8) is 0 Å². The molecule has 0 spiro atoms. The Morgan fingerprint density at radius 3 is 1.73 bits per heavy atom. The molecule has 228 valence electrons. The van der Waals surface area contributed by atoms with Gasteiger partial charge in [0, 0.05) is 44.5 Å². The number of fused-ring (bicyclic) bond motifs is 7. The van der Waals surface area contributed by atoms with Gasteiger partial charge in [-0.15, -0.1) is 0 Å². The SMILES string of the molecule is CON1c2ccccc2-c2c(n(-c3ccc(-c4cc(-c5ccccc5)nc(-c5ccccc5)n4)cc3)c3ccccc23)-c2ccccc21. The van der Waals surface area contributed by atoms with Crippen molar-refractivity contribution < 1.29 is 4.84 Å². The van der Waals surface area contributed by atoms with E-state index >= 15 is 0 Å². The number of benzene rings is 6. The molecule has 0 amide bonds. The lowest BCUT2D eigenvalue weighted by Gasteiger charge is -2.24. The predicted octanol–water partition coefficient (Wildman–Crippen LogP) is 10.8. The molecular formula is C43H30N4O. The van der Waals surface area contributed by atoms with E-state index in [0.29, 0.717) is 5.82 Å². The van der Waals surface area contributed by atoms with E-state index in [4.69, 9.17) is 14.8 Å².